The molecule has 0 aliphatic carbocycles. The molecule has 0 saturated carbocycles. The highest BCUT2D eigenvalue weighted by atomic mass is 79.9. The van der Waals surface area contributed by atoms with Gasteiger partial charge in [-0.15, -0.1) is 0 Å². The topological polar surface area (TPSA) is 12.0 Å². The fourth-order valence-electron chi connectivity index (χ4n) is 2.35. The zero-order chi connectivity index (χ0) is 15.2. The number of hydrogen-bond acceptors (Lipinski definition) is 1. The molecule has 0 aliphatic rings. The zero-order valence-corrected chi connectivity index (χ0v) is 14.8. The minimum Gasteiger partial charge on any atom is -0.310 e. The molecule has 1 nitrogen and oxygen atoms in total. The van der Waals surface area contributed by atoms with E-state index < -0.39 is 0 Å². The van der Waals surface area contributed by atoms with Crippen molar-refractivity contribution in [1.82, 2.24) is 5.32 Å². The lowest BCUT2D eigenvalue weighted by Crippen LogP contribution is -2.24. The van der Waals surface area contributed by atoms with Gasteiger partial charge in [-0.3, -0.25) is 0 Å². The molecule has 2 aromatic carbocycles. The van der Waals surface area contributed by atoms with E-state index in [1.54, 1.807) is 0 Å². The van der Waals surface area contributed by atoms with Crippen molar-refractivity contribution >= 4 is 27.5 Å². The van der Waals surface area contributed by atoms with Gasteiger partial charge in [0.05, 0.1) is 0 Å². The molecule has 0 aromatic heterocycles. The summed E-state index contributed by atoms with van der Waals surface area (Å²) in [6, 6.07) is 15.1. The van der Waals surface area contributed by atoms with E-state index >= 15 is 0 Å². The summed E-state index contributed by atoms with van der Waals surface area (Å²) in [6.07, 6.45) is 2.09. The largest absolute Gasteiger partial charge is 0.310 e. The third kappa shape index (κ3) is 4.84. The number of nitrogens with one attached hydrogen (secondary N) is 1. The molecular formula is C18H21BrClN. The van der Waals surface area contributed by atoms with Crippen LogP contribution < -0.4 is 5.32 Å². The van der Waals surface area contributed by atoms with Crippen LogP contribution in [-0.4, -0.2) is 6.54 Å². The molecule has 0 spiro atoms. The molecule has 1 atom stereocenters. The number of halogens is 2. The zero-order valence-electron chi connectivity index (χ0n) is 12.5. The molecule has 0 heterocycles. The van der Waals surface area contributed by atoms with Crippen molar-refractivity contribution in [1.29, 1.82) is 0 Å². The Labute approximate surface area is 140 Å². The minimum absolute atomic E-state index is 0.291. The van der Waals surface area contributed by atoms with Gasteiger partial charge < -0.3 is 5.32 Å². The second kappa shape index (κ2) is 7.98. The van der Waals surface area contributed by atoms with Crippen LogP contribution in [0.2, 0.25) is 5.02 Å². The van der Waals surface area contributed by atoms with E-state index in [0.717, 1.165) is 28.9 Å². The van der Waals surface area contributed by atoms with Gasteiger partial charge in [-0.1, -0.05) is 70.3 Å². The van der Waals surface area contributed by atoms with Crippen LogP contribution in [0.1, 0.15) is 36.1 Å². The highest BCUT2D eigenvalue weighted by Crippen LogP contribution is 2.29. The second-order valence-electron chi connectivity index (χ2n) is 5.36. The van der Waals surface area contributed by atoms with E-state index in [4.69, 9.17) is 11.6 Å². The summed E-state index contributed by atoms with van der Waals surface area (Å²) in [5, 5.41) is 4.40. The van der Waals surface area contributed by atoms with Gasteiger partial charge in [-0.2, -0.15) is 0 Å². The van der Waals surface area contributed by atoms with E-state index in [9.17, 15) is 0 Å². The lowest BCUT2D eigenvalue weighted by atomic mass is 9.98. The molecule has 0 radical (unpaired) electrons. The fraction of sp³-hybridized carbons (Fsp3) is 0.333. The fourth-order valence-corrected chi connectivity index (χ4v) is 3.31. The summed E-state index contributed by atoms with van der Waals surface area (Å²) >= 11 is 9.69. The Morgan fingerprint density at radius 2 is 1.86 bits per heavy atom. The van der Waals surface area contributed by atoms with Crippen molar-refractivity contribution in [2.24, 2.45) is 0 Å². The molecule has 2 aromatic rings. The van der Waals surface area contributed by atoms with Crippen molar-refractivity contribution in [2.45, 2.75) is 32.7 Å². The monoisotopic (exact) mass is 365 g/mol. The lowest BCUT2D eigenvalue weighted by molar-refractivity contribution is 0.527. The molecule has 1 unspecified atom stereocenters. The first-order valence-electron chi connectivity index (χ1n) is 7.34. The molecule has 3 heteroatoms. The predicted octanol–water partition coefficient (Wildman–Crippen LogP) is 5.69. The average molecular weight is 367 g/mol. The molecule has 1 N–H and O–H groups in total. The van der Waals surface area contributed by atoms with Crippen LogP contribution in [0.25, 0.3) is 0 Å². The van der Waals surface area contributed by atoms with Crippen LogP contribution in [0.4, 0.5) is 0 Å². The summed E-state index contributed by atoms with van der Waals surface area (Å²) in [5.41, 5.74) is 3.90. The van der Waals surface area contributed by atoms with E-state index in [1.807, 2.05) is 12.1 Å². The number of hydrogen-bond donors (Lipinski definition) is 1. The summed E-state index contributed by atoms with van der Waals surface area (Å²) in [4.78, 5) is 0. The Balaban J connectivity index is 2.22. The Kier molecular flexibility index (Phi) is 6.28. The van der Waals surface area contributed by atoms with Gasteiger partial charge in [0.2, 0.25) is 0 Å². The molecule has 21 heavy (non-hydrogen) atoms. The maximum absolute atomic E-state index is 6.05. The average Bonchev–Trinajstić information content (AvgIpc) is 2.46. The summed E-state index contributed by atoms with van der Waals surface area (Å²) in [5.74, 6) is 0. The second-order valence-corrected chi connectivity index (χ2v) is 6.65. The van der Waals surface area contributed by atoms with E-state index in [1.165, 1.54) is 16.7 Å². The van der Waals surface area contributed by atoms with E-state index in [0.29, 0.717) is 6.04 Å². The van der Waals surface area contributed by atoms with E-state index in [2.05, 4.69) is 65.4 Å². The van der Waals surface area contributed by atoms with Crippen molar-refractivity contribution in [3.63, 3.8) is 0 Å². The maximum atomic E-state index is 6.05. The summed E-state index contributed by atoms with van der Waals surface area (Å²) in [7, 11) is 0. The molecule has 0 fully saturated rings. The number of rotatable bonds is 6. The standard InChI is InChI=1S/C18H21BrClN/c1-3-10-21-18(11-14-6-4-13(2)5-7-14)16-9-8-15(20)12-17(16)19/h4-9,12,18,21H,3,10-11H2,1-2H3. The van der Waals surface area contributed by atoms with Gasteiger partial charge in [0.1, 0.15) is 0 Å². The van der Waals surface area contributed by atoms with Crippen LogP contribution in [0.3, 0.4) is 0 Å². The third-order valence-electron chi connectivity index (χ3n) is 3.54. The molecule has 0 aliphatic heterocycles. The number of aryl methyl sites for hydroxylation is 1. The molecule has 2 rings (SSSR count). The Bertz CT molecular complexity index is 580. The highest BCUT2D eigenvalue weighted by molar-refractivity contribution is 9.10. The van der Waals surface area contributed by atoms with Gasteiger partial charge in [-0.25, -0.2) is 0 Å². The Morgan fingerprint density at radius 1 is 1.14 bits per heavy atom. The van der Waals surface area contributed by atoms with Crippen LogP contribution in [0, 0.1) is 6.92 Å². The van der Waals surface area contributed by atoms with E-state index in [-0.39, 0.29) is 0 Å². The SMILES string of the molecule is CCCNC(Cc1ccc(C)cc1)c1ccc(Cl)cc1Br. The van der Waals surface area contributed by atoms with Crippen LogP contribution in [-0.2, 0) is 6.42 Å². The maximum Gasteiger partial charge on any atom is 0.0417 e. The first-order chi connectivity index (χ1) is 10.1. The Hall–Kier alpha value is -0.830. The third-order valence-corrected chi connectivity index (χ3v) is 4.46. The van der Waals surface area contributed by atoms with Crippen LogP contribution >= 0.6 is 27.5 Å². The van der Waals surface area contributed by atoms with Crippen molar-refractivity contribution in [2.75, 3.05) is 6.54 Å². The van der Waals surface area contributed by atoms with Gasteiger partial charge in [-0.05, 0) is 49.6 Å². The highest BCUT2D eigenvalue weighted by Gasteiger charge is 2.14. The van der Waals surface area contributed by atoms with Gasteiger partial charge >= 0.3 is 0 Å². The van der Waals surface area contributed by atoms with Gasteiger partial charge in [0, 0.05) is 15.5 Å². The quantitative estimate of drug-likeness (QED) is 0.692. The molecule has 112 valence electrons. The van der Waals surface area contributed by atoms with Gasteiger partial charge in [0.15, 0.2) is 0 Å². The summed E-state index contributed by atoms with van der Waals surface area (Å²) < 4.78 is 1.07. The van der Waals surface area contributed by atoms with Gasteiger partial charge in [0.25, 0.3) is 0 Å². The lowest BCUT2D eigenvalue weighted by Gasteiger charge is -2.21. The first kappa shape index (κ1) is 16.5. The first-order valence-corrected chi connectivity index (χ1v) is 8.51. The normalized spacial score (nSPS) is 12.4. The molecular weight excluding hydrogens is 346 g/mol. The molecule has 0 bridgehead atoms. The predicted molar refractivity (Wildman–Crippen MR) is 95.1 cm³/mol. The molecule has 0 saturated heterocycles. The van der Waals surface area contributed by atoms with Crippen molar-refractivity contribution in [3.8, 4) is 0 Å². The summed E-state index contributed by atoms with van der Waals surface area (Å²) in [6.45, 7) is 5.31. The van der Waals surface area contributed by atoms with Crippen molar-refractivity contribution < 1.29 is 0 Å². The number of benzene rings is 2. The smallest absolute Gasteiger partial charge is 0.0417 e. The van der Waals surface area contributed by atoms with Crippen molar-refractivity contribution in [3.05, 3.63) is 68.7 Å². The van der Waals surface area contributed by atoms with Crippen LogP contribution in [0.15, 0.2) is 46.9 Å². The van der Waals surface area contributed by atoms with Crippen LogP contribution in [0.5, 0.6) is 0 Å². The minimum atomic E-state index is 0.291. The Morgan fingerprint density at radius 3 is 2.48 bits per heavy atom. The molecule has 0 amide bonds.